The molecule has 0 fully saturated rings. The van der Waals surface area contributed by atoms with E-state index in [0.717, 1.165) is 5.56 Å². The van der Waals surface area contributed by atoms with Gasteiger partial charge in [-0.1, -0.05) is 6.07 Å². The summed E-state index contributed by atoms with van der Waals surface area (Å²) in [6.45, 7) is 5.48. The average molecular weight is 447 g/mol. The van der Waals surface area contributed by atoms with Gasteiger partial charge in [-0.25, -0.2) is 9.59 Å². The van der Waals surface area contributed by atoms with Crippen molar-refractivity contribution in [2.75, 3.05) is 13.7 Å². The molecule has 0 radical (unpaired) electrons. The SMILES string of the molecule is CCOC(=O)c1c(C)oc2c(C)cc(OC(=O)c3cccc(OC)c3)c(Br)c12. The van der Waals surface area contributed by atoms with Gasteiger partial charge in [-0.15, -0.1) is 0 Å². The monoisotopic (exact) mass is 446 g/mol. The van der Waals surface area contributed by atoms with Gasteiger partial charge in [0, 0.05) is 0 Å². The smallest absolute Gasteiger partial charge is 0.343 e. The second kappa shape index (κ2) is 8.06. The Morgan fingerprint density at radius 1 is 1.14 bits per heavy atom. The lowest BCUT2D eigenvalue weighted by Crippen LogP contribution is -2.10. The number of hydrogen-bond acceptors (Lipinski definition) is 6. The van der Waals surface area contributed by atoms with Crippen molar-refractivity contribution >= 4 is 38.8 Å². The minimum Gasteiger partial charge on any atom is -0.497 e. The molecular formula is C21H19BrO6. The van der Waals surface area contributed by atoms with E-state index in [1.54, 1.807) is 44.2 Å². The third kappa shape index (κ3) is 3.62. The molecule has 0 saturated heterocycles. The van der Waals surface area contributed by atoms with Crippen molar-refractivity contribution in [3.63, 3.8) is 0 Å². The first-order valence-corrected chi connectivity index (χ1v) is 9.42. The van der Waals surface area contributed by atoms with Gasteiger partial charge in [0.05, 0.1) is 29.1 Å². The number of halogens is 1. The van der Waals surface area contributed by atoms with Crippen LogP contribution in [0.4, 0.5) is 0 Å². The Hall–Kier alpha value is -2.80. The van der Waals surface area contributed by atoms with E-state index in [-0.39, 0.29) is 12.4 Å². The van der Waals surface area contributed by atoms with Crippen LogP contribution < -0.4 is 9.47 Å². The molecule has 146 valence electrons. The van der Waals surface area contributed by atoms with Crippen LogP contribution in [0.15, 0.2) is 39.2 Å². The Balaban J connectivity index is 2.07. The molecule has 1 aromatic heterocycles. The highest BCUT2D eigenvalue weighted by atomic mass is 79.9. The predicted octanol–water partition coefficient (Wildman–Crippen LogP) is 5.22. The van der Waals surface area contributed by atoms with Crippen LogP contribution in [0.25, 0.3) is 11.0 Å². The Morgan fingerprint density at radius 3 is 2.57 bits per heavy atom. The number of furan rings is 1. The van der Waals surface area contributed by atoms with Gasteiger partial charge < -0.3 is 18.6 Å². The highest BCUT2D eigenvalue weighted by molar-refractivity contribution is 9.10. The van der Waals surface area contributed by atoms with Crippen LogP contribution in [0, 0.1) is 13.8 Å². The van der Waals surface area contributed by atoms with Gasteiger partial charge in [0.1, 0.15) is 28.4 Å². The van der Waals surface area contributed by atoms with Crippen LogP contribution in [0.5, 0.6) is 11.5 Å². The molecule has 28 heavy (non-hydrogen) atoms. The van der Waals surface area contributed by atoms with Crippen LogP contribution in [0.3, 0.4) is 0 Å². The van der Waals surface area contributed by atoms with Crippen molar-refractivity contribution in [3.8, 4) is 11.5 Å². The van der Waals surface area contributed by atoms with E-state index in [1.165, 1.54) is 7.11 Å². The van der Waals surface area contributed by atoms with Crippen molar-refractivity contribution in [3.05, 3.63) is 57.3 Å². The van der Waals surface area contributed by atoms with Gasteiger partial charge in [0.15, 0.2) is 0 Å². The molecule has 0 aliphatic carbocycles. The number of esters is 2. The predicted molar refractivity (Wildman–Crippen MR) is 107 cm³/mol. The summed E-state index contributed by atoms with van der Waals surface area (Å²) in [5.74, 6) is 0.235. The van der Waals surface area contributed by atoms with E-state index >= 15 is 0 Å². The standard InChI is InChI=1S/C21H19BrO6/c1-5-26-21(24)16-12(3)27-19-11(2)9-15(18(22)17(16)19)28-20(23)13-7-6-8-14(10-13)25-4/h6-10H,5H2,1-4H3. The zero-order valence-electron chi connectivity index (χ0n) is 15.9. The second-order valence-corrected chi connectivity index (χ2v) is 6.88. The van der Waals surface area contributed by atoms with Crippen molar-refractivity contribution in [1.29, 1.82) is 0 Å². The molecule has 0 unspecified atom stereocenters. The Kier molecular flexibility index (Phi) is 5.74. The van der Waals surface area contributed by atoms with Crippen molar-refractivity contribution in [2.45, 2.75) is 20.8 Å². The minimum absolute atomic E-state index is 0.242. The first kappa shape index (κ1) is 19.9. The largest absolute Gasteiger partial charge is 0.497 e. The molecule has 0 atom stereocenters. The fourth-order valence-corrected chi connectivity index (χ4v) is 3.49. The number of carbonyl (C=O) groups is 2. The molecule has 0 bridgehead atoms. The van der Waals surface area contributed by atoms with Crippen LogP contribution in [0.2, 0.25) is 0 Å². The number of aryl methyl sites for hydroxylation is 2. The average Bonchev–Trinajstić information content (AvgIpc) is 3.04. The summed E-state index contributed by atoms with van der Waals surface area (Å²) in [7, 11) is 1.52. The third-order valence-electron chi connectivity index (χ3n) is 4.21. The van der Waals surface area contributed by atoms with Crippen LogP contribution in [-0.4, -0.2) is 25.7 Å². The van der Waals surface area contributed by atoms with Crippen molar-refractivity contribution < 1.29 is 28.2 Å². The van der Waals surface area contributed by atoms with Crippen molar-refractivity contribution in [2.24, 2.45) is 0 Å². The summed E-state index contributed by atoms with van der Waals surface area (Å²) in [6.07, 6.45) is 0. The van der Waals surface area contributed by atoms with Gasteiger partial charge in [0.25, 0.3) is 0 Å². The number of benzene rings is 2. The maximum Gasteiger partial charge on any atom is 0.343 e. The van der Waals surface area contributed by atoms with Gasteiger partial charge >= 0.3 is 11.9 Å². The van der Waals surface area contributed by atoms with E-state index in [9.17, 15) is 9.59 Å². The molecule has 3 rings (SSSR count). The van der Waals surface area contributed by atoms with Gasteiger partial charge in [0.2, 0.25) is 0 Å². The van der Waals surface area contributed by atoms with Gasteiger partial charge in [-0.05, 0) is 66.5 Å². The van der Waals surface area contributed by atoms with Gasteiger partial charge in [-0.2, -0.15) is 0 Å². The first-order valence-electron chi connectivity index (χ1n) is 8.62. The molecular weight excluding hydrogens is 428 g/mol. The Labute approximate surface area is 170 Å². The molecule has 0 amide bonds. The Morgan fingerprint density at radius 2 is 1.89 bits per heavy atom. The number of rotatable bonds is 5. The highest BCUT2D eigenvalue weighted by Crippen LogP contribution is 2.40. The van der Waals surface area contributed by atoms with Crippen LogP contribution in [0.1, 0.15) is 39.0 Å². The molecule has 2 aromatic carbocycles. The molecule has 6 nitrogen and oxygen atoms in total. The number of methoxy groups -OCH3 is 1. The van der Waals surface area contributed by atoms with Crippen LogP contribution >= 0.6 is 15.9 Å². The third-order valence-corrected chi connectivity index (χ3v) is 5.00. The van der Waals surface area contributed by atoms with Gasteiger partial charge in [-0.3, -0.25) is 0 Å². The van der Waals surface area contributed by atoms with Crippen molar-refractivity contribution in [1.82, 2.24) is 0 Å². The molecule has 0 aliphatic heterocycles. The summed E-state index contributed by atoms with van der Waals surface area (Å²) in [5, 5.41) is 0.518. The zero-order chi connectivity index (χ0) is 20.4. The maximum absolute atomic E-state index is 12.6. The fraction of sp³-hybridized carbons (Fsp3) is 0.238. The lowest BCUT2D eigenvalue weighted by molar-refractivity contribution is 0.0526. The normalized spacial score (nSPS) is 10.8. The quantitative estimate of drug-likeness (QED) is 0.395. The summed E-state index contributed by atoms with van der Waals surface area (Å²) < 4.78 is 22.1. The van der Waals surface area contributed by atoms with Crippen LogP contribution in [-0.2, 0) is 4.74 Å². The summed E-state index contributed by atoms with van der Waals surface area (Å²) in [5.41, 5.74) is 1.92. The Bertz CT molecular complexity index is 1070. The molecule has 0 aliphatic rings. The molecule has 7 heteroatoms. The fourth-order valence-electron chi connectivity index (χ4n) is 2.91. The number of hydrogen-bond donors (Lipinski definition) is 0. The van der Waals surface area contributed by atoms with E-state index in [2.05, 4.69) is 15.9 Å². The topological polar surface area (TPSA) is 75.0 Å². The number of ether oxygens (including phenoxy) is 3. The van der Waals surface area contributed by atoms with E-state index in [1.807, 2.05) is 6.92 Å². The minimum atomic E-state index is -0.545. The highest BCUT2D eigenvalue weighted by Gasteiger charge is 2.25. The molecule has 0 spiro atoms. The van der Waals surface area contributed by atoms with E-state index < -0.39 is 11.9 Å². The molecule has 0 saturated carbocycles. The first-order chi connectivity index (χ1) is 13.4. The zero-order valence-corrected chi connectivity index (χ0v) is 17.5. The summed E-state index contributed by atoms with van der Waals surface area (Å²) in [4.78, 5) is 25.0. The number of carbonyl (C=O) groups excluding carboxylic acids is 2. The summed E-state index contributed by atoms with van der Waals surface area (Å²) in [6, 6.07) is 8.35. The summed E-state index contributed by atoms with van der Waals surface area (Å²) >= 11 is 3.46. The van der Waals surface area contributed by atoms with E-state index in [0.29, 0.717) is 38.1 Å². The molecule has 1 heterocycles. The lowest BCUT2D eigenvalue weighted by Gasteiger charge is -2.10. The molecule has 3 aromatic rings. The second-order valence-electron chi connectivity index (χ2n) is 6.08. The lowest BCUT2D eigenvalue weighted by atomic mass is 10.1. The number of fused-ring (bicyclic) bond motifs is 1. The van der Waals surface area contributed by atoms with E-state index in [4.69, 9.17) is 18.6 Å². The maximum atomic E-state index is 12.6. The molecule has 0 N–H and O–H groups in total.